The van der Waals surface area contributed by atoms with Gasteiger partial charge in [-0.15, -0.1) is 0 Å². The quantitative estimate of drug-likeness (QED) is 0.809. The number of anilines is 1. The van der Waals surface area contributed by atoms with Gasteiger partial charge in [0, 0.05) is 18.7 Å². The van der Waals surface area contributed by atoms with E-state index in [0.717, 1.165) is 12.8 Å². The van der Waals surface area contributed by atoms with Gasteiger partial charge in [-0.05, 0) is 24.6 Å². The molecule has 0 fully saturated rings. The summed E-state index contributed by atoms with van der Waals surface area (Å²) in [4.78, 5) is 3.95. The Hall–Kier alpha value is -1.58. The molecule has 0 aromatic carbocycles. The van der Waals surface area contributed by atoms with Gasteiger partial charge in [0.25, 0.3) is 0 Å². The van der Waals surface area contributed by atoms with Crippen molar-refractivity contribution in [1.29, 1.82) is 0 Å². The van der Waals surface area contributed by atoms with Crippen molar-refractivity contribution in [2.24, 2.45) is 0 Å². The summed E-state index contributed by atoms with van der Waals surface area (Å²) in [7, 11) is 0. The molecular weight excluding hydrogens is 195 g/mol. The summed E-state index contributed by atoms with van der Waals surface area (Å²) in [6, 6.07) is 3.17. The molecule has 0 saturated heterocycles. The SMILES string of the molecule is Fc1cccnc1N[C@H]1CC=COCC1. The summed E-state index contributed by atoms with van der Waals surface area (Å²) in [5.41, 5.74) is 0. The summed E-state index contributed by atoms with van der Waals surface area (Å²) in [5.74, 6) is 0.00412. The molecule has 0 unspecified atom stereocenters. The van der Waals surface area contributed by atoms with Crippen LogP contribution in [-0.2, 0) is 4.74 Å². The lowest BCUT2D eigenvalue weighted by Crippen LogP contribution is -2.20. The first-order valence-corrected chi connectivity index (χ1v) is 5.00. The first kappa shape index (κ1) is 9.96. The van der Waals surface area contributed by atoms with Crippen molar-refractivity contribution >= 4 is 5.82 Å². The van der Waals surface area contributed by atoms with Crippen LogP contribution in [0.3, 0.4) is 0 Å². The van der Waals surface area contributed by atoms with Crippen LogP contribution in [0.25, 0.3) is 0 Å². The molecule has 0 radical (unpaired) electrons. The maximum Gasteiger partial charge on any atom is 0.165 e. The number of nitrogens with zero attached hydrogens (tertiary/aromatic N) is 1. The minimum atomic E-state index is -0.313. The first-order chi connectivity index (χ1) is 7.36. The van der Waals surface area contributed by atoms with Crippen LogP contribution in [0.5, 0.6) is 0 Å². The van der Waals surface area contributed by atoms with Gasteiger partial charge in [-0.3, -0.25) is 0 Å². The van der Waals surface area contributed by atoms with E-state index in [1.54, 1.807) is 18.5 Å². The molecule has 1 atom stereocenters. The molecule has 0 aliphatic carbocycles. The zero-order valence-corrected chi connectivity index (χ0v) is 8.32. The van der Waals surface area contributed by atoms with Gasteiger partial charge in [0.1, 0.15) is 0 Å². The van der Waals surface area contributed by atoms with Crippen LogP contribution in [0.15, 0.2) is 30.7 Å². The van der Waals surface area contributed by atoms with Gasteiger partial charge in [-0.25, -0.2) is 9.37 Å². The summed E-state index contributed by atoms with van der Waals surface area (Å²) >= 11 is 0. The monoisotopic (exact) mass is 208 g/mol. The highest BCUT2D eigenvalue weighted by Gasteiger charge is 2.12. The van der Waals surface area contributed by atoms with Gasteiger partial charge in [-0.2, -0.15) is 0 Å². The lowest BCUT2D eigenvalue weighted by molar-refractivity contribution is 0.246. The van der Waals surface area contributed by atoms with Gasteiger partial charge in [0.2, 0.25) is 0 Å². The average Bonchev–Trinajstić information content (AvgIpc) is 2.50. The molecule has 2 rings (SSSR count). The molecule has 1 aliphatic rings. The van der Waals surface area contributed by atoms with E-state index in [4.69, 9.17) is 4.74 Å². The predicted molar refractivity (Wildman–Crippen MR) is 55.9 cm³/mol. The van der Waals surface area contributed by atoms with Crippen molar-refractivity contribution in [1.82, 2.24) is 4.98 Å². The highest BCUT2D eigenvalue weighted by molar-refractivity contribution is 5.36. The van der Waals surface area contributed by atoms with Crippen molar-refractivity contribution < 1.29 is 9.13 Å². The topological polar surface area (TPSA) is 34.2 Å². The molecule has 1 aromatic heterocycles. The van der Waals surface area contributed by atoms with Crippen LogP contribution in [0.4, 0.5) is 10.2 Å². The van der Waals surface area contributed by atoms with E-state index in [0.29, 0.717) is 12.4 Å². The van der Waals surface area contributed by atoms with Crippen LogP contribution in [-0.4, -0.2) is 17.6 Å². The number of hydrogen-bond donors (Lipinski definition) is 1. The molecule has 0 amide bonds. The van der Waals surface area contributed by atoms with Gasteiger partial charge in [0.15, 0.2) is 11.6 Å². The number of rotatable bonds is 2. The Labute approximate surface area is 88.0 Å². The van der Waals surface area contributed by atoms with E-state index >= 15 is 0 Å². The number of nitrogens with one attached hydrogen (secondary N) is 1. The average molecular weight is 208 g/mol. The number of pyridine rings is 1. The second-order valence-corrected chi connectivity index (χ2v) is 3.44. The Balaban J connectivity index is 2.01. The number of aromatic nitrogens is 1. The standard InChI is InChI=1S/C11H13FN2O/c12-10-4-1-6-13-11(10)14-9-3-2-7-15-8-5-9/h1-2,4,6-7,9H,3,5,8H2,(H,13,14)/t9-/m0/s1. The molecule has 4 heteroatoms. The summed E-state index contributed by atoms with van der Waals surface area (Å²) in [6.07, 6.45) is 6.88. The number of hydrogen-bond acceptors (Lipinski definition) is 3. The van der Waals surface area contributed by atoms with E-state index in [-0.39, 0.29) is 11.9 Å². The number of halogens is 1. The minimum absolute atomic E-state index is 0.188. The first-order valence-electron chi connectivity index (χ1n) is 5.00. The van der Waals surface area contributed by atoms with Crippen molar-refractivity contribution in [3.05, 3.63) is 36.5 Å². The van der Waals surface area contributed by atoms with E-state index in [9.17, 15) is 4.39 Å². The lowest BCUT2D eigenvalue weighted by atomic mass is 10.1. The Morgan fingerprint density at radius 1 is 1.53 bits per heavy atom. The molecule has 80 valence electrons. The molecule has 2 heterocycles. The van der Waals surface area contributed by atoms with Gasteiger partial charge in [0.05, 0.1) is 12.9 Å². The Bertz CT molecular complexity index is 354. The van der Waals surface area contributed by atoms with Crippen LogP contribution >= 0.6 is 0 Å². The third kappa shape index (κ3) is 2.68. The summed E-state index contributed by atoms with van der Waals surface area (Å²) < 4.78 is 18.4. The van der Waals surface area contributed by atoms with Crippen molar-refractivity contribution in [2.75, 3.05) is 11.9 Å². The Kier molecular flexibility index (Phi) is 3.17. The Morgan fingerprint density at radius 3 is 3.33 bits per heavy atom. The normalized spacial score (nSPS) is 20.5. The molecule has 0 spiro atoms. The zero-order chi connectivity index (χ0) is 10.5. The van der Waals surface area contributed by atoms with Gasteiger partial charge < -0.3 is 10.1 Å². The molecule has 3 nitrogen and oxygen atoms in total. The second-order valence-electron chi connectivity index (χ2n) is 3.44. The summed E-state index contributed by atoms with van der Waals surface area (Å²) in [6.45, 7) is 0.655. The van der Waals surface area contributed by atoms with Crippen molar-refractivity contribution in [3.8, 4) is 0 Å². The second kappa shape index (κ2) is 4.77. The highest BCUT2D eigenvalue weighted by Crippen LogP contribution is 2.14. The largest absolute Gasteiger partial charge is 0.501 e. The highest BCUT2D eigenvalue weighted by atomic mass is 19.1. The molecule has 1 N–H and O–H groups in total. The third-order valence-corrected chi connectivity index (χ3v) is 2.30. The van der Waals surface area contributed by atoms with Gasteiger partial charge >= 0.3 is 0 Å². The molecular formula is C11H13FN2O. The van der Waals surface area contributed by atoms with E-state index in [1.165, 1.54) is 6.07 Å². The molecule has 1 aromatic rings. The fourth-order valence-electron chi connectivity index (χ4n) is 1.50. The Morgan fingerprint density at radius 2 is 2.47 bits per heavy atom. The van der Waals surface area contributed by atoms with Crippen LogP contribution < -0.4 is 5.32 Å². The smallest absolute Gasteiger partial charge is 0.165 e. The molecule has 1 aliphatic heterocycles. The van der Waals surface area contributed by atoms with Crippen molar-refractivity contribution in [2.45, 2.75) is 18.9 Å². The third-order valence-electron chi connectivity index (χ3n) is 2.30. The van der Waals surface area contributed by atoms with Crippen molar-refractivity contribution in [3.63, 3.8) is 0 Å². The molecule has 0 bridgehead atoms. The van der Waals surface area contributed by atoms with E-state index in [1.807, 2.05) is 6.08 Å². The fourth-order valence-corrected chi connectivity index (χ4v) is 1.50. The fraction of sp³-hybridized carbons (Fsp3) is 0.364. The molecule has 0 saturated carbocycles. The maximum atomic E-state index is 13.3. The van der Waals surface area contributed by atoms with Gasteiger partial charge in [-0.1, -0.05) is 0 Å². The van der Waals surface area contributed by atoms with E-state index in [2.05, 4.69) is 10.3 Å². The maximum absolute atomic E-state index is 13.3. The van der Waals surface area contributed by atoms with Crippen LogP contribution in [0, 0.1) is 5.82 Å². The molecule has 15 heavy (non-hydrogen) atoms. The number of ether oxygens (including phenoxy) is 1. The van der Waals surface area contributed by atoms with Crippen LogP contribution in [0.1, 0.15) is 12.8 Å². The predicted octanol–water partition coefficient (Wildman–Crippen LogP) is 2.33. The van der Waals surface area contributed by atoms with Crippen LogP contribution in [0.2, 0.25) is 0 Å². The lowest BCUT2D eigenvalue weighted by Gasteiger charge is -2.15. The van der Waals surface area contributed by atoms with E-state index < -0.39 is 0 Å². The minimum Gasteiger partial charge on any atom is -0.501 e. The zero-order valence-electron chi connectivity index (χ0n) is 8.32. The summed E-state index contributed by atoms with van der Waals surface area (Å²) in [5, 5.41) is 3.07.